The maximum Gasteiger partial charge on any atom is 0.243 e. The zero-order valence-corrected chi connectivity index (χ0v) is 14.7. The predicted octanol–water partition coefficient (Wildman–Crippen LogP) is 2.98. The normalized spacial score (nSPS) is 13.8. The molecule has 0 atom stereocenters. The van der Waals surface area contributed by atoms with Crippen LogP contribution in [-0.4, -0.2) is 43.9 Å². The summed E-state index contributed by atoms with van der Waals surface area (Å²) in [6.07, 6.45) is 1.39. The van der Waals surface area contributed by atoms with Crippen LogP contribution in [0, 0.1) is 0 Å². The molecule has 0 spiro atoms. The molecule has 0 unspecified atom stereocenters. The topological polar surface area (TPSA) is 52.7 Å². The smallest absolute Gasteiger partial charge is 0.243 e. The lowest BCUT2D eigenvalue weighted by atomic mass is 10.0. The molecule has 0 bridgehead atoms. The lowest BCUT2D eigenvalue weighted by Gasteiger charge is -2.15. The largest absolute Gasteiger partial charge is 0.378 e. The number of amides is 2. The molecule has 25 heavy (non-hydrogen) atoms. The first-order valence-electron chi connectivity index (χ1n) is 8.48. The van der Waals surface area contributed by atoms with Gasteiger partial charge in [-0.05, 0) is 41.8 Å². The van der Waals surface area contributed by atoms with Crippen LogP contribution >= 0.6 is 0 Å². The van der Waals surface area contributed by atoms with Gasteiger partial charge in [0.05, 0.1) is 6.54 Å². The van der Waals surface area contributed by atoms with Crippen molar-refractivity contribution in [3.8, 4) is 11.1 Å². The lowest BCUT2D eigenvalue weighted by Crippen LogP contribution is -2.33. The summed E-state index contributed by atoms with van der Waals surface area (Å²) in [5, 5.41) is 2.89. The van der Waals surface area contributed by atoms with E-state index in [9.17, 15) is 9.59 Å². The zero-order valence-electron chi connectivity index (χ0n) is 14.7. The Hall–Kier alpha value is -2.82. The van der Waals surface area contributed by atoms with Crippen LogP contribution in [0.25, 0.3) is 11.1 Å². The number of carbonyl (C=O) groups excluding carboxylic acids is 2. The van der Waals surface area contributed by atoms with E-state index in [1.165, 1.54) is 0 Å². The van der Waals surface area contributed by atoms with E-state index in [1.807, 2.05) is 38.4 Å². The van der Waals surface area contributed by atoms with Crippen molar-refractivity contribution in [1.82, 2.24) is 4.90 Å². The van der Waals surface area contributed by atoms with E-state index in [-0.39, 0.29) is 18.4 Å². The third-order valence-corrected chi connectivity index (χ3v) is 4.37. The molecule has 5 heteroatoms. The summed E-state index contributed by atoms with van der Waals surface area (Å²) in [5.74, 6) is -0.0970. The van der Waals surface area contributed by atoms with Crippen LogP contribution in [0.3, 0.4) is 0 Å². The standard InChI is InChI=1S/C20H23N3O2/c1-22(2)18-10-8-15(9-11-18)16-5-3-6-17(13-16)21-19(24)14-23-12-4-7-20(23)25/h3,5-6,8-11,13H,4,7,12,14H2,1-2H3,(H,21,24). The number of rotatable bonds is 5. The SMILES string of the molecule is CN(C)c1ccc(-c2cccc(NC(=O)CN3CCCC3=O)c2)cc1. The third kappa shape index (κ3) is 4.18. The number of nitrogens with one attached hydrogen (secondary N) is 1. The molecule has 0 saturated carbocycles. The van der Waals surface area contributed by atoms with Gasteiger partial charge >= 0.3 is 0 Å². The number of hydrogen-bond acceptors (Lipinski definition) is 3. The van der Waals surface area contributed by atoms with Crippen LogP contribution in [0.15, 0.2) is 48.5 Å². The summed E-state index contributed by atoms with van der Waals surface area (Å²) in [6, 6.07) is 16.0. The van der Waals surface area contributed by atoms with Gasteiger partial charge < -0.3 is 15.1 Å². The Kier molecular flexibility index (Phi) is 5.03. The Morgan fingerprint density at radius 2 is 1.88 bits per heavy atom. The van der Waals surface area contributed by atoms with Gasteiger partial charge in [0.2, 0.25) is 11.8 Å². The number of carbonyl (C=O) groups is 2. The highest BCUT2D eigenvalue weighted by Crippen LogP contribution is 2.25. The Morgan fingerprint density at radius 1 is 1.12 bits per heavy atom. The Morgan fingerprint density at radius 3 is 2.52 bits per heavy atom. The van der Waals surface area contributed by atoms with E-state index in [4.69, 9.17) is 0 Å². The fourth-order valence-corrected chi connectivity index (χ4v) is 2.97. The van der Waals surface area contributed by atoms with Crippen molar-refractivity contribution in [3.05, 3.63) is 48.5 Å². The van der Waals surface area contributed by atoms with Gasteiger partial charge in [-0.25, -0.2) is 0 Å². The predicted molar refractivity (Wildman–Crippen MR) is 101 cm³/mol. The van der Waals surface area contributed by atoms with Gasteiger partial charge in [-0.15, -0.1) is 0 Å². The van der Waals surface area contributed by atoms with Gasteiger partial charge in [-0.1, -0.05) is 24.3 Å². The maximum atomic E-state index is 12.2. The second-order valence-corrected chi connectivity index (χ2v) is 6.49. The van der Waals surface area contributed by atoms with Crippen LogP contribution in [0.1, 0.15) is 12.8 Å². The molecule has 2 aromatic rings. The minimum atomic E-state index is -0.157. The molecule has 0 aromatic heterocycles. The Bertz CT molecular complexity index is 769. The molecule has 1 N–H and O–H groups in total. The molecule has 130 valence electrons. The summed E-state index contributed by atoms with van der Waals surface area (Å²) < 4.78 is 0. The van der Waals surface area contributed by atoms with Crippen molar-refractivity contribution in [2.75, 3.05) is 37.4 Å². The van der Waals surface area contributed by atoms with Crippen molar-refractivity contribution >= 4 is 23.2 Å². The maximum absolute atomic E-state index is 12.2. The number of hydrogen-bond donors (Lipinski definition) is 1. The van der Waals surface area contributed by atoms with Gasteiger partial charge in [0.15, 0.2) is 0 Å². The fraction of sp³-hybridized carbons (Fsp3) is 0.300. The highest BCUT2D eigenvalue weighted by molar-refractivity contribution is 5.95. The highest BCUT2D eigenvalue weighted by atomic mass is 16.2. The average Bonchev–Trinajstić information content (AvgIpc) is 3.00. The molecule has 5 nitrogen and oxygen atoms in total. The Labute approximate surface area is 148 Å². The van der Waals surface area contributed by atoms with Gasteiger partial charge in [0, 0.05) is 38.4 Å². The van der Waals surface area contributed by atoms with Crippen molar-refractivity contribution in [3.63, 3.8) is 0 Å². The first kappa shape index (κ1) is 17.0. The first-order chi connectivity index (χ1) is 12.0. The lowest BCUT2D eigenvalue weighted by molar-refractivity contribution is -0.131. The van der Waals surface area contributed by atoms with Gasteiger partial charge in [0.25, 0.3) is 0 Å². The van der Waals surface area contributed by atoms with Gasteiger partial charge in [0.1, 0.15) is 0 Å². The number of nitrogens with zero attached hydrogens (tertiary/aromatic N) is 2. The number of likely N-dealkylation sites (tertiary alicyclic amines) is 1. The summed E-state index contributed by atoms with van der Waals surface area (Å²) in [5.41, 5.74) is 4.02. The summed E-state index contributed by atoms with van der Waals surface area (Å²) in [7, 11) is 4.02. The molecular weight excluding hydrogens is 314 g/mol. The van der Waals surface area contributed by atoms with Crippen LogP contribution in [0.5, 0.6) is 0 Å². The zero-order chi connectivity index (χ0) is 17.8. The molecule has 1 aliphatic rings. The van der Waals surface area contributed by atoms with E-state index in [2.05, 4.69) is 34.5 Å². The summed E-state index contributed by atoms with van der Waals surface area (Å²) in [6.45, 7) is 0.797. The van der Waals surface area contributed by atoms with Crippen LogP contribution < -0.4 is 10.2 Å². The molecule has 1 heterocycles. The molecule has 3 rings (SSSR count). The summed E-state index contributed by atoms with van der Waals surface area (Å²) in [4.78, 5) is 27.5. The van der Waals surface area contributed by atoms with E-state index >= 15 is 0 Å². The minimum Gasteiger partial charge on any atom is -0.378 e. The molecule has 0 radical (unpaired) electrons. The molecule has 1 saturated heterocycles. The van der Waals surface area contributed by atoms with E-state index in [0.717, 1.165) is 28.9 Å². The molecule has 2 aromatic carbocycles. The van der Waals surface area contributed by atoms with Crippen molar-refractivity contribution < 1.29 is 9.59 Å². The second kappa shape index (κ2) is 7.38. The minimum absolute atomic E-state index is 0.0601. The number of anilines is 2. The van der Waals surface area contributed by atoms with Crippen molar-refractivity contribution in [2.45, 2.75) is 12.8 Å². The highest BCUT2D eigenvalue weighted by Gasteiger charge is 2.22. The van der Waals surface area contributed by atoms with Crippen LogP contribution in [0.2, 0.25) is 0 Å². The quantitative estimate of drug-likeness (QED) is 0.912. The van der Waals surface area contributed by atoms with Crippen LogP contribution in [0.4, 0.5) is 11.4 Å². The molecule has 0 aliphatic carbocycles. The molecule has 1 aliphatic heterocycles. The van der Waals surface area contributed by atoms with Gasteiger partial charge in [-0.2, -0.15) is 0 Å². The van der Waals surface area contributed by atoms with Crippen molar-refractivity contribution in [2.24, 2.45) is 0 Å². The van der Waals surface area contributed by atoms with E-state index in [1.54, 1.807) is 4.90 Å². The third-order valence-electron chi connectivity index (χ3n) is 4.37. The van der Waals surface area contributed by atoms with E-state index < -0.39 is 0 Å². The number of benzene rings is 2. The monoisotopic (exact) mass is 337 g/mol. The first-order valence-corrected chi connectivity index (χ1v) is 8.48. The Balaban J connectivity index is 1.68. The molecule has 2 amide bonds. The second-order valence-electron chi connectivity index (χ2n) is 6.49. The van der Waals surface area contributed by atoms with Gasteiger partial charge in [-0.3, -0.25) is 9.59 Å². The average molecular weight is 337 g/mol. The van der Waals surface area contributed by atoms with Crippen LogP contribution in [-0.2, 0) is 9.59 Å². The van der Waals surface area contributed by atoms with Crippen molar-refractivity contribution in [1.29, 1.82) is 0 Å². The molecule has 1 fully saturated rings. The molecular formula is C20H23N3O2. The fourth-order valence-electron chi connectivity index (χ4n) is 2.97. The van der Waals surface area contributed by atoms with E-state index in [0.29, 0.717) is 13.0 Å². The summed E-state index contributed by atoms with van der Waals surface area (Å²) >= 11 is 0.